The van der Waals surface area contributed by atoms with Gasteiger partial charge >= 0.3 is 5.97 Å². The van der Waals surface area contributed by atoms with Crippen LogP contribution in [-0.2, 0) is 0 Å². The predicted octanol–water partition coefficient (Wildman–Crippen LogP) is 0.606. The van der Waals surface area contributed by atoms with Crippen LogP contribution >= 0.6 is 0 Å². The topological polar surface area (TPSA) is 104 Å². The molecule has 100 valence electrons. The standard InChI is InChI=1S/C11H16N2O5/c1-4-13(6-11(2,3)17)9(14)7-5-8(10(15)16)18-12-7/h5,17H,4,6H2,1-3H3,(H,15,16). The molecule has 0 aromatic carbocycles. The Morgan fingerprint density at radius 3 is 2.50 bits per heavy atom. The third-order valence-electron chi connectivity index (χ3n) is 2.19. The Labute approximate surface area is 104 Å². The molecule has 0 bridgehead atoms. The maximum Gasteiger partial charge on any atom is 0.374 e. The van der Waals surface area contributed by atoms with Crippen LogP contribution in [0.15, 0.2) is 10.6 Å². The van der Waals surface area contributed by atoms with Crippen molar-refractivity contribution in [2.24, 2.45) is 0 Å². The second-order valence-electron chi connectivity index (χ2n) is 4.51. The van der Waals surface area contributed by atoms with Crippen LogP contribution in [0.25, 0.3) is 0 Å². The fraction of sp³-hybridized carbons (Fsp3) is 0.545. The number of carboxylic acids is 1. The summed E-state index contributed by atoms with van der Waals surface area (Å²) in [5, 5.41) is 21.7. The number of aromatic nitrogens is 1. The molecule has 0 aliphatic rings. The van der Waals surface area contributed by atoms with Crippen molar-refractivity contribution in [1.82, 2.24) is 10.1 Å². The van der Waals surface area contributed by atoms with Crippen molar-refractivity contribution in [2.45, 2.75) is 26.4 Å². The van der Waals surface area contributed by atoms with Crippen LogP contribution in [0, 0.1) is 0 Å². The lowest BCUT2D eigenvalue weighted by atomic mass is 10.1. The predicted molar refractivity (Wildman–Crippen MR) is 61.3 cm³/mol. The van der Waals surface area contributed by atoms with Gasteiger partial charge in [0.1, 0.15) is 0 Å². The third kappa shape index (κ3) is 3.56. The van der Waals surface area contributed by atoms with Crippen molar-refractivity contribution in [3.63, 3.8) is 0 Å². The molecule has 1 amide bonds. The van der Waals surface area contributed by atoms with Crippen molar-refractivity contribution >= 4 is 11.9 Å². The number of carbonyl (C=O) groups is 2. The van der Waals surface area contributed by atoms with Gasteiger partial charge in [-0.15, -0.1) is 0 Å². The summed E-state index contributed by atoms with van der Waals surface area (Å²) in [6.45, 7) is 5.40. The SMILES string of the molecule is CCN(CC(C)(C)O)C(=O)c1cc(C(=O)O)on1. The monoisotopic (exact) mass is 256 g/mol. The van der Waals surface area contributed by atoms with Gasteiger partial charge in [-0.2, -0.15) is 0 Å². The van der Waals surface area contributed by atoms with E-state index in [1.165, 1.54) is 4.90 Å². The molecule has 0 aliphatic heterocycles. The lowest BCUT2D eigenvalue weighted by molar-refractivity contribution is 0.0309. The quantitative estimate of drug-likeness (QED) is 0.799. The second kappa shape index (κ2) is 5.18. The molecule has 0 radical (unpaired) electrons. The molecular formula is C11H16N2O5. The fourth-order valence-electron chi connectivity index (χ4n) is 1.43. The van der Waals surface area contributed by atoms with Crippen molar-refractivity contribution in [3.8, 4) is 0 Å². The molecule has 1 heterocycles. The number of hydrogen-bond donors (Lipinski definition) is 2. The van der Waals surface area contributed by atoms with E-state index in [1.807, 2.05) is 0 Å². The zero-order valence-corrected chi connectivity index (χ0v) is 10.5. The molecular weight excluding hydrogens is 240 g/mol. The van der Waals surface area contributed by atoms with Crippen LogP contribution < -0.4 is 0 Å². The van der Waals surface area contributed by atoms with Crippen molar-refractivity contribution in [2.75, 3.05) is 13.1 Å². The molecule has 0 atom stereocenters. The van der Waals surface area contributed by atoms with Gasteiger partial charge < -0.3 is 19.6 Å². The second-order valence-corrected chi connectivity index (χ2v) is 4.51. The van der Waals surface area contributed by atoms with Crippen molar-refractivity contribution in [1.29, 1.82) is 0 Å². The van der Waals surface area contributed by atoms with Crippen molar-refractivity contribution in [3.05, 3.63) is 17.5 Å². The molecule has 0 spiro atoms. The first-order chi connectivity index (χ1) is 8.24. The smallest absolute Gasteiger partial charge is 0.374 e. The van der Waals surface area contributed by atoms with Gasteiger partial charge in [0.25, 0.3) is 5.91 Å². The Hall–Kier alpha value is -1.89. The highest BCUT2D eigenvalue weighted by molar-refractivity contribution is 5.94. The zero-order valence-electron chi connectivity index (χ0n) is 10.5. The molecule has 0 saturated heterocycles. The minimum Gasteiger partial charge on any atom is -0.475 e. The summed E-state index contributed by atoms with van der Waals surface area (Å²) in [5.41, 5.74) is -1.12. The summed E-state index contributed by atoms with van der Waals surface area (Å²) in [5.74, 6) is -2.15. The number of amides is 1. The third-order valence-corrected chi connectivity index (χ3v) is 2.19. The Balaban J connectivity index is 2.86. The first kappa shape index (κ1) is 14.2. The van der Waals surface area contributed by atoms with Crippen LogP contribution in [0.1, 0.15) is 41.8 Å². The number of hydrogen-bond acceptors (Lipinski definition) is 5. The van der Waals surface area contributed by atoms with Gasteiger partial charge in [-0.05, 0) is 20.8 Å². The summed E-state index contributed by atoms with van der Waals surface area (Å²) in [6.07, 6.45) is 0. The average Bonchev–Trinajstić information content (AvgIpc) is 2.72. The lowest BCUT2D eigenvalue weighted by Gasteiger charge is -2.27. The van der Waals surface area contributed by atoms with Gasteiger partial charge in [0.05, 0.1) is 5.60 Å². The first-order valence-electron chi connectivity index (χ1n) is 5.46. The van der Waals surface area contributed by atoms with Gasteiger partial charge in [-0.1, -0.05) is 5.16 Å². The molecule has 1 aromatic rings. The van der Waals surface area contributed by atoms with E-state index in [0.717, 1.165) is 6.07 Å². The van der Waals surface area contributed by atoms with Crippen LogP contribution in [0.4, 0.5) is 0 Å². The average molecular weight is 256 g/mol. The van der Waals surface area contributed by atoms with E-state index in [0.29, 0.717) is 6.54 Å². The van der Waals surface area contributed by atoms with E-state index in [2.05, 4.69) is 9.68 Å². The molecule has 7 heteroatoms. The number of likely N-dealkylation sites (N-methyl/N-ethyl adjacent to an activating group) is 1. The largest absolute Gasteiger partial charge is 0.475 e. The Morgan fingerprint density at radius 2 is 2.11 bits per heavy atom. The highest BCUT2D eigenvalue weighted by Gasteiger charge is 2.25. The summed E-state index contributed by atoms with van der Waals surface area (Å²) >= 11 is 0. The molecule has 18 heavy (non-hydrogen) atoms. The van der Waals surface area contributed by atoms with E-state index in [4.69, 9.17) is 5.11 Å². The van der Waals surface area contributed by atoms with E-state index < -0.39 is 23.2 Å². The maximum absolute atomic E-state index is 12.0. The van der Waals surface area contributed by atoms with Gasteiger partial charge in [-0.25, -0.2) is 4.79 Å². The van der Waals surface area contributed by atoms with Gasteiger partial charge in [-0.3, -0.25) is 4.79 Å². The Kier molecular flexibility index (Phi) is 4.07. The summed E-state index contributed by atoms with van der Waals surface area (Å²) < 4.78 is 4.51. The highest BCUT2D eigenvalue weighted by atomic mass is 16.5. The highest BCUT2D eigenvalue weighted by Crippen LogP contribution is 2.11. The van der Waals surface area contributed by atoms with E-state index in [-0.39, 0.29) is 12.2 Å². The van der Waals surface area contributed by atoms with Crippen LogP contribution in [0.3, 0.4) is 0 Å². The Morgan fingerprint density at radius 1 is 1.50 bits per heavy atom. The number of carbonyl (C=O) groups excluding carboxylic acids is 1. The summed E-state index contributed by atoms with van der Waals surface area (Å²) in [6, 6.07) is 1.07. The molecule has 0 saturated carbocycles. The number of aliphatic hydroxyl groups is 1. The van der Waals surface area contributed by atoms with E-state index in [9.17, 15) is 14.7 Å². The zero-order chi connectivity index (χ0) is 13.9. The first-order valence-corrected chi connectivity index (χ1v) is 5.46. The van der Waals surface area contributed by atoms with Crippen molar-refractivity contribution < 1.29 is 24.3 Å². The summed E-state index contributed by atoms with van der Waals surface area (Å²) in [4.78, 5) is 24.0. The molecule has 0 aliphatic carbocycles. The van der Waals surface area contributed by atoms with Crippen LogP contribution in [-0.4, -0.2) is 50.8 Å². The molecule has 1 rings (SSSR count). The Bertz CT molecular complexity index is 447. The molecule has 2 N–H and O–H groups in total. The molecule has 1 aromatic heterocycles. The van der Waals surface area contributed by atoms with Gasteiger partial charge in [0.15, 0.2) is 5.69 Å². The normalized spacial score (nSPS) is 11.3. The summed E-state index contributed by atoms with van der Waals surface area (Å²) in [7, 11) is 0. The lowest BCUT2D eigenvalue weighted by Crippen LogP contribution is -2.42. The number of rotatable bonds is 5. The maximum atomic E-state index is 12.0. The number of nitrogens with zero attached hydrogens (tertiary/aromatic N) is 2. The molecule has 0 fully saturated rings. The van der Waals surface area contributed by atoms with Gasteiger partial charge in [0, 0.05) is 19.2 Å². The molecule has 7 nitrogen and oxygen atoms in total. The van der Waals surface area contributed by atoms with Crippen LogP contribution in [0.2, 0.25) is 0 Å². The number of carboxylic acid groups (broad SMARTS) is 1. The van der Waals surface area contributed by atoms with Gasteiger partial charge in [0.2, 0.25) is 5.76 Å². The fourth-order valence-corrected chi connectivity index (χ4v) is 1.43. The molecule has 0 unspecified atom stereocenters. The van der Waals surface area contributed by atoms with Crippen LogP contribution in [0.5, 0.6) is 0 Å². The minimum atomic E-state index is -1.29. The van der Waals surface area contributed by atoms with E-state index in [1.54, 1.807) is 20.8 Å². The minimum absolute atomic E-state index is 0.0847. The number of aromatic carboxylic acids is 1. The van der Waals surface area contributed by atoms with E-state index >= 15 is 0 Å².